The Morgan fingerprint density at radius 1 is 1.05 bits per heavy atom. The molecule has 2 heterocycles. The summed E-state index contributed by atoms with van der Waals surface area (Å²) < 4.78 is 5.86. The van der Waals surface area contributed by atoms with Crippen LogP contribution >= 0.6 is 24.0 Å². The Morgan fingerprint density at radius 3 is 2.34 bits per heavy atom. The molecule has 1 saturated carbocycles. The number of aliphatic hydroxyl groups is 1. The van der Waals surface area contributed by atoms with Crippen LogP contribution in [-0.4, -0.2) is 74.6 Å². The number of hydrogen-bond donors (Lipinski definition) is 3. The third-order valence-corrected chi connectivity index (χ3v) is 9.63. The van der Waals surface area contributed by atoms with Crippen LogP contribution in [0.25, 0.3) is 0 Å². The zero-order valence-corrected chi connectivity index (χ0v) is 26.8. The third-order valence-electron chi connectivity index (χ3n) is 9.33. The van der Waals surface area contributed by atoms with Crippen molar-refractivity contribution in [3.8, 4) is 11.5 Å². The van der Waals surface area contributed by atoms with Crippen LogP contribution in [0.3, 0.4) is 0 Å². The smallest absolute Gasteiger partial charge is 0.335 e. The van der Waals surface area contributed by atoms with Gasteiger partial charge in [-0.15, -0.1) is 12.4 Å². The van der Waals surface area contributed by atoms with Crippen molar-refractivity contribution < 1.29 is 29.3 Å². The number of carbonyl (C=O) groups excluding carboxylic acids is 2. The predicted octanol–water partition coefficient (Wildman–Crippen LogP) is 5.80. The molecule has 3 N–H and O–H groups in total. The van der Waals surface area contributed by atoms with Crippen molar-refractivity contribution in [1.82, 2.24) is 15.1 Å². The van der Waals surface area contributed by atoms with Crippen LogP contribution in [0.4, 0.5) is 0 Å². The number of ether oxygens (including phenoxy) is 1. The zero-order chi connectivity index (χ0) is 30.6. The molecule has 2 saturated heterocycles. The number of carbonyl (C=O) groups is 3. The zero-order valence-electron chi connectivity index (χ0n) is 25.2. The number of rotatable bonds is 10. The average molecular weight is 649 g/mol. The summed E-state index contributed by atoms with van der Waals surface area (Å²) in [6, 6.07) is 11.3. The van der Waals surface area contributed by atoms with Gasteiger partial charge < -0.3 is 25.2 Å². The fraction of sp³-hybridized carbons (Fsp3) is 0.545. The molecule has 0 bridgehead atoms. The number of amides is 2. The van der Waals surface area contributed by atoms with Gasteiger partial charge in [0.05, 0.1) is 16.2 Å². The molecule has 9 nitrogen and oxygen atoms in total. The first-order valence-electron chi connectivity index (χ1n) is 15.5. The van der Waals surface area contributed by atoms with Crippen molar-refractivity contribution in [3.05, 3.63) is 58.6 Å². The number of carboxylic acids is 1. The van der Waals surface area contributed by atoms with E-state index in [0.717, 1.165) is 37.7 Å². The second-order valence-corrected chi connectivity index (χ2v) is 12.8. The van der Waals surface area contributed by atoms with Gasteiger partial charge in [0.1, 0.15) is 23.1 Å². The summed E-state index contributed by atoms with van der Waals surface area (Å²) in [6.07, 6.45) is 7.58. The van der Waals surface area contributed by atoms with E-state index >= 15 is 0 Å². The van der Waals surface area contributed by atoms with Crippen LogP contribution < -0.4 is 10.1 Å². The molecule has 5 rings (SSSR count). The van der Waals surface area contributed by atoms with Crippen molar-refractivity contribution in [2.45, 2.75) is 94.9 Å². The summed E-state index contributed by atoms with van der Waals surface area (Å²) >= 11 is 6.20. The predicted molar refractivity (Wildman–Crippen MR) is 171 cm³/mol. The lowest BCUT2D eigenvalue weighted by Gasteiger charge is -2.52. The van der Waals surface area contributed by atoms with E-state index in [1.165, 1.54) is 12.1 Å². The van der Waals surface area contributed by atoms with Gasteiger partial charge in [-0.05, 0) is 68.0 Å². The second-order valence-electron chi connectivity index (χ2n) is 12.4. The minimum absolute atomic E-state index is 0. The summed E-state index contributed by atoms with van der Waals surface area (Å²) in [5.74, 6) is -0.214. The number of nitrogens with one attached hydrogen (secondary N) is 1. The molecule has 2 aliphatic heterocycles. The molecule has 44 heavy (non-hydrogen) atoms. The largest absolute Gasteiger partial charge is 0.478 e. The van der Waals surface area contributed by atoms with Gasteiger partial charge in [-0.1, -0.05) is 56.3 Å². The molecule has 2 aromatic rings. The molecule has 0 aromatic heterocycles. The quantitative estimate of drug-likeness (QED) is 0.298. The van der Waals surface area contributed by atoms with Crippen molar-refractivity contribution in [2.24, 2.45) is 0 Å². The molecule has 1 aliphatic carbocycles. The fourth-order valence-electron chi connectivity index (χ4n) is 6.79. The van der Waals surface area contributed by atoms with Crippen molar-refractivity contribution in [3.63, 3.8) is 0 Å². The third kappa shape index (κ3) is 7.50. The Kier molecular flexibility index (Phi) is 11.2. The van der Waals surface area contributed by atoms with E-state index in [9.17, 15) is 19.5 Å². The maximum Gasteiger partial charge on any atom is 0.335 e. The van der Waals surface area contributed by atoms with Gasteiger partial charge in [0.15, 0.2) is 0 Å². The van der Waals surface area contributed by atoms with Gasteiger partial charge in [0, 0.05) is 32.6 Å². The first kappa shape index (κ1) is 34.0. The van der Waals surface area contributed by atoms with Gasteiger partial charge in [-0.25, -0.2) is 4.79 Å². The van der Waals surface area contributed by atoms with Crippen molar-refractivity contribution in [2.75, 3.05) is 19.6 Å². The highest BCUT2D eigenvalue weighted by atomic mass is 35.5. The van der Waals surface area contributed by atoms with E-state index in [0.29, 0.717) is 69.8 Å². The number of piperidine rings is 1. The molecular formula is C33H43Cl2N3O6. The van der Waals surface area contributed by atoms with E-state index in [-0.39, 0.29) is 34.8 Å². The SMILES string of the molecule is CCCCN1C(=O)[C@@H](CC2(O)CCCCC2)NC(=O)C12CCN(Cc1ccc(Oc3ccc(C(=O)O)cc3Cl)cc1)CC2.Cl. The average Bonchev–Trinajstić information content (AvgIpc) is 2.99. The molecule has 1 atom stereocenters. The van der Waals surface area contributed by atoms with Crippen LogP contribution in [0.5, 0.6) is 11.5 Å². The minimum atomic E-state index is -1.05. The van der Waals surface area contributed by atoms with Gasteiger partial charge in [-0.3, -0.25) is 14.5 Å². The van der Waals surface area contributed by atoms with E-state index in [4.69, 9.17) is 21.4 Å². The molecule has 1 spiro atoms. The standard InChI is InChI=1S/C33H42ClN3O6.ClH/c1-2-3-17-37-29(38)27(21-32(42)13-5-4-6-14-32)35-31(41)33(37)15-18-36(19-16-33)22-23-7-10-25(11-8-23)43-28-12-9-24(30(39)40)20-26(28)34;/h7-12,20,27,42H,2-6,13-19,21-22H2,1H3,(H,35,41)(H,39,40);1H/t27-;/m1./s1. The molecule has 3 aliphatic rings. The summed E-state index contributed by atoms with van der Waals surface area (Å²) in [7, 11) is 0. The lowest BCUT2D eigenvalue weighted by atomic mass is 9.77. The van der Waals surface area contributed by atoms with E-state index in [2.05, 4.69) is 17.1 Å². The van der Waals surface area contributed by atoms with E-state index in [1.807, 2.05) is 29.2 Å². The lowest BCUT2D eigenvalue weighted by molar-refractivity contribution is -0.163. The van der Waals surface area contributed by atoms with Gasteiger partial charge in [-0.2, -0.15) is 0 Å². The molecule has 240 valence electrons. The summed E-state index contributed by atoms with van der Waals surface area (Å²) in [4.78, 5) is 42.8. The van der Waals surface area contributed by atoms with Crippen LogP contribution in [-0.2, 0) is 16.1 Å². The maximum atomic E-state index is 13.8. The summed E-state index contributed by atoms with van der Waals surface area (Å²) in [5.41, 5.74) is -0.545. The van der Waals surface area contributed by atoms with E-state index in [1.54, 1.807) is 6.07 Å². The Morgan fingerprint density at radius 2 is 1.73 bits per heavy atom. The van der Waals surface area contributed by atoms with Crippen molar-refractivity contribution in [1.29, 1.82) is 0 Å². The fourth-order valence-corrected chi connectivity index (χ4v) is 7.01. The number of halogens is 2. The molecule has 2 amide bonds. The topological polar surface area (TPSA) is 119 Å². The highest BCUT2D eigenvalue weighted by molar-refractivity contribution is 6.32. The number of aromatic carboxylic acids is 1. The number of piperazine rings is 1. The normalized spacial score (nSPS) is 21.4. The molecule has 0 unspecified atom stereocenters. The van der Waals surface area contributed by atoms with Crippen molar-refractivity contribution >= 4 is 41.8 Å². The second kappa shape index (κ2) is 14.5. The highest BCUT2D eigenvalue weighted by Crippen LogP contribution is 2.38. The molecule has 2 aromatic carbocycles. The van der Waals surface area contributed by atoms with Crippen LogP contribution in [0.15, 0.2) is 42.5 Å². The maximum absolute atomic E-state index is 13.8. The Balaban J connectivity index is 0.00000442. The monoisotopic (exact) mass is 647 g/mol. The molecule has 3 fully saturated rings. The Labute approximate surface area is 270 Å². The van der Waals surface area contributed by atoms with Crippen LogP contribution in [0, 0.1) is 0 Å². The molecule has 11 heteroatoms. The lowest BCUT2D eigenvalue weighted by Crippen LogP contribution is -2.73. The van der Waals surface area contributed by atoms with Crippen LogP contribution in [0.2, 0.25) is 5.02 Å². The number of carboxylic acid groups (broad SMARTS) is 1. The summed E-state index contributed by atoms with van der Waals surface area (Å²) in [5, 5.41) is 23.5. The van der Waals surface area contributed by atoms with Gasteiger partial charge in [0.25, 0.3) is 0 Å². The number of likely N-dealkylation sites (tertiary alicyclic amines) is 1. The first-order valence-corrected chi connectivity index (χ1v) is 15.9. The van der Waals surface area contributed by atoms with E-state index < -0.39 is 23.2 Å². The number of hydrogen-bond acceptors (Lipinski definition) is 6. The highest BCUT2D eigenvalue weighted by Gasteiger charge is 2.54. The van der Waals surface area contributed by atoms with Gasteiger partial charge in [0.2, 0.25) is 11.8 Å². The van der Waals surface area contributed by atoms with Gasteiger partial charge >= 0.3 is 5.97 Å². The molecule has 0 radical (unpaired) electrons. The number of benzene rings is 2. The Hall–Kier alpha value is -2.85. The minimum Gasteiger partial charge on any atom is -0.478 e. The first-order chi connectivity index (χ1) is 20.6. The Bertz CT molecular complexity index is 1320. The number of unbranched alkanes of at least 4 members (excludes halogenated alkanes) is 1. The number of nitrogens with zero attached hydrogens (tertiary/aromatic N) is 2. The molecular weight excluding hydrogens is 605 g/mol. The van der Waals surface area contributed by atoms with Crippen LogP contribution in [0.1, 0.15) is 87.1 Å². The summed E-state index contributed by atoms with van der Waals surface area (Å²) in [6.45, 7) is 4.71.